The van der Waals surface area contributed by atoms with Crippen molar-refractivity contribution < 1.29 is 9.00 Å². The van der Waals surface area contributed by atoms with Crippen LogP contribution in [-0.2, 0) is 16.2 Å². The van der Waals surface area contributed by atoms with E-state index in [1.807, 2.05) is 11.8 Å². The van der Waals surface area contributed by atoms with Crippen LogP contribution in [0.25, 0.3) is 0 Å². The molecule has 0 atom stereocenters. The molecule has 1 aliphatic rings. The number of hydrogen-bond acceptors (Lipinski definition) is 3. The first-order valence-electron chi connectivity index (χ1n) is 6.54. The van der Waals surface area contributed by atoms with E-state index in [2.05, 4.69) is 26.8 Å². The van der Waals surface area contributed by atoms with E-state index in [0.717, 1.165) is 10.4 Å². The zero-order valence-electron chi connectivity index (χ0n) is 12.0. The van der Waals surface area contributed by atoms with Crippen LogP contribution in [0.1, 0.15) is 40.9 Å². The smallest absolute Gasteiger partial charge is 0.264 e. The van der Waals surface area contributed by atoms with Crippen LogP contribution < -0.4 is 0 Å². The van der Waals surface area contributed by atoms with Gasteiger partial charge in [0.1, 0.15) is 0 Å². The van der Waals surface area contributed by atoms with Gasteiger partial charge in [-0.3, -0.25) is 9.00 Å². The molecule has 1 aromatic heterocycles. The maximum atomic E-state index is 12.5. The van der Waals surface area contributed by atoms with Crippen LogP contribution in [0.15, 0.2) is 6.07 Å². The molecule has 3 nitrogen and oxygen atoms in total. The predicted molar refractivity (Wildman–Crippen MR) is 81.5 cm³/mol. The first-order chi connectivity index (χ1) is 8.79. The molecule has 1 aliphatic heterocycles. The standard InChI is InChI=1S/C14H21NO2S2/c1-10-9-11(14(2,3)4)18-12(10)13(16)15-5-7-19(17)8-6-15/h9H,5-8H2,1-4H3. The second-order valence-corrected chi connectivity index (χ2v) is 8.76. The van der Waals surface area contributed by atoms with Crippen molar-refractivity contribution >= 4 is 28.0 Å². The molecule has 1 saturated heterocycles. The predicted octanol–water partition coefficient (Wildman–Crippen LogP) is 2.56. The lowest BCUT2D eigenvalue weighted by Crippen LogP contribution is -2.41. The third-order valence-electron chi connectivity index (χ3n) is 3.32. The lowest BCUT2D eigenvalue weighted by molar-refractivity contribution is 0.0775. The molecule has 1 aromatic rings. The highest BCUT2D eigenvalue weighted by Crippen LogP contribution is 2.33. The highest BCUT2D eigenvalue weighted by atomic mass is 32.2. The van der Waals surface area contributed by atoms with Gasteiger partial charge >= 0.3 is 0 Å². The van der Waals surface area contributed by atoms with Gasteiger partial charge in [0, 0.05) is 40.3 Å². The summed E-state index contributed by atoms with van der Waals surface area (Å²) in [6.07, 6.45) is 0. The quantitative estimate of drug-likeness (QED) is 0.799. The molecule has 0 aromatic carbocycles. The number of thiophene rings is 1. The zero-order chi connectivity index (χ0) is 14.2. The zero-order valence-corrected chi connectivity index (χ0v) is 13.6. The fourth-order valence-electron chi connectivity index (χ4n) is 2.05. The van der Waals surface area contributed by atoms with Gasteiger partial charge in [0.2, 0.25) is 0 Å². The molecule has 5 heteroatoms. The number of rotatable bonds is 1. The van der Waals surface area contributed by atoms with Gasteiger partial charge in [-0.05, 0) is 24.0 Å². The maximum absolute atomic E-state index is 12.5. The van der Waals surface area contributed by atoms with Crippen molar-refractivity contribution in [1.82, 2.24) is 4.90 Å². The SMILES string of the molecule is Cc1cc(C(C)(C)C)sc1C(=O)N1CCS(=O)CC1. The molecular weight excluding hydrogens is 278 g/mol. The third-order valence-corrected chi connectivity index (χ3v) is 6.24. The summed E-state index contributed by atoms with van der Waals surface area (Å²) >= 11 is 1.60. The van der Waals surface area contributed by atoms with Crippen molar-refractivity contribution in [3.8, 4) is 0 Å². The molecule has 0 bridgehead atoms. The first kappa shape index (κ1) is 14.7. The van der Waals surface area contributed by atoms with E-state index in [-0.39, 0.29) is 11.3 Å². The monoisotopic (exact) mass is 299 g/mol. The van der Waals surface area contributed by atoms with Crippen LogP contribution in [-0.4, -0.2) is 39.6 Å². The number of aryl methyl sites for hydroxylation is 1. The summed E-state index contributed by atoms with van der Waals surface area (Å²) in [7, 11) is -0.739. The fourth-order valence-corrected chi connectivity index (χ4v) is 4.30. The van der Waals surface area contributed by atoms with Gasteiger partial charge in [-0.15, -0.1) is 11.3 Å². The molecule has 19 heavy (non-hydrogen) atoms. The number of nitrogens with zero attached hydrogens (tertiary/aromatic N) is 1. The summed E-state index contributed by atoms with van der Waals surface area (Å²) in [5, 5.41) is 0. The van der Waals surface area contributed by atoms with Crippen molar-refractivity contribution in [2.24, 2.45) is 0 Å². The summed E-state index contributed by atoms with van der Waals surface area (Å²) in [6.45, 7) is 9.73. The van der Waals surface area contributed by atoms with Crippen LogP contribution in [0.5, 0.6) is 0 Å². The summed E-state index contributed by atoms with van der Waals surface area (Å²) in [5.74, 6) is 1.33. The second-order valence-electron chi connectivity index (χ2n) is 6.01. The Bertz CT molecular complexity index is 504. The molecule has 0 unspecified atom stereocenters. The molecule has 2 rings (SSSR count). The van der Waals surface area contributed by atoms with Gasteiger partial charge < -0.3 is 4.90 Å². The molecule has 2 heterocycles. The Morgan fingerprint density at radius 2 is 1.89 bits per heavy atom. The van der Waals surface area contributed by atoms with Crippen molar-refractivity contribution in [2.75, 3.05) is 24.6 Å². The Hall–Kier alpha value is -0.680. The van der Waals surface area contributed by atoms with Gasteiger partial charge in [-0.2, -0.15) is 0 Å². The molecule has 1 fully saturated rings. The van der Waals surface area contributed by atoms with Crippen molar-refractivity contribution in [3.63, 3.8) is 0 Å². The summed E-state index contributed by atoms with van der Waals surface area (Å²) in [5.41, 5.74) is 1.14. The van der Waals surface area contributed by atoms with Gasteiger partial charge in [0.25, 0.3) is 5.91 Å². The third kappa shape index (κ3) is 3.26. The molecule has 0 N–H and O–H groups in total. The van der Waals surface area contributed by atoms with E-state index in [4.69, 9.17) is 0 Å². The van der Waals surface area contributed by atoms with Crippen LogP contribution in [0.3, 0.4) is 0 Å². The van der Waals surface area contributed by atoms with Crippen LogP contribution in [0.2, 0.25) is 0 Å². The van der Waals surface area contributed by atoms with Gasteiger partial charge in [-0.1, -0.05) is 20.8 Å². The average Bonchev–Trinajstić information content (AvgIpc) is 2.71. The normalized spacial score (nSPS) is 17.8. The lowest BCUT2D eigenvalue weighted by atomic mass is 9.94. The van der Waals surface area contributed by atoms with Crippen LogP contribution in [0, 0.1) is 6.92 Å². The van der Waals surface area contributed by atoms with Crippen LogP contribution in [0.4, 0.5) is 0 Å². The van der Waals surface area contributed by atoms with Gasteiger partial charge in [0.05, 0.1) is 4.88 Å². The van der Waals surface area contributed by atoms with Crippen molar-refractivity contribution in [2.45, 2.75) is 33.1 Å². The Morgan fingerprint density at radius 1 is 1.32 bits per heavy atom. The summed E-state index contributed by atoms with van der Waals surface area (Å²) in [4.78, 5) is 16.4. The average molecular weight is 299 g/mol. The van der Waals surface area contributed by atoms with Gasteiger partial charge in [-0.25, -0.2) is 0 Å². The Labute approximate surface area is 121 Å². The second kappa shape index (κ2) is 5.37. The van der Waals surface area contributed by atoms with Crippen molar-refractivity contribution in [3.05, 3.63) is 21.4 Å². The van der Waals surface area contributed by atoms with E-state index in [0.29, 0.717) is 24.6 Å². The molecular formula is C14H21NO2S2. The lowest BCUT2D eigenvalue weighted by Gasteiger charge is -2.26. The maximum Gasteiger partial charge on any atom is 0.264 e. The van der Waals surface area contributed by atoms with E-state index in [9.17, 15) is 9.00 Å². The Balaban J connectivity index is 2.20. The highest BCUT2D eigenvalue weighted by Gasteiger charge is 2.26. The minimum atomic E-state index is -0.739. The van der Waals surface area contributed by atoms with E-state index < -0.39 is 10.8 Å². The highest BCUT2D eigenvalue weighted by molar-refractivity contribution is 7.85. The van der Waals surface area contributed by atoms with E-state index in [1.54, 1.807) is 11.3 Å². The summed E-state index contributed by atoms with van der Waals surface area (Å²) in [6, 6.07) is 2.12. The molecule has 0 radical (unpaired) electrons. The number of carbonyl (C=O) groups is 1. The Kier molecular flexibility index (Phi) is 4.16. The molecule has 1 amide bonds. The Morgan fingerprint density at radius 3 is 2.37 bits per heavy atom. The number of amides is 1. The largest absolute Gasteiger partial charge is 0.336 e. The fraction of sp³-hybridized carbons (Fsp3) is 0.643. The molecule has 0 aliphatic carbocycles. The first-order valence-corrected chi connectivity index (χ1v) is 8.84. The summed E-state index contributed by atoms with van der Waals surface area (Å²) < 4.78 is 11.3. The van der Waals surface area contributed by atoms with Crippen molar-refractivity contribution in [1.29, 1.82) is 0 Å². The van der Waals surface area contributed by atoms with Crippen LogP contribution >= 0.6 is 11.3 Å². The molecule has 0 spiro atoms. The minimum absolute atomic E-state index is 0.0807. The number of hydrogen-bond donors (Lipinski definition) is 0. The van der Waals surface area contributed by atoms with Gasteiger partial charge in [0.15, 0.2) is 0 Å². The van der Waals surface area contributed by atoms with E-state index in [1.165, 1.54) is 4.88 Å². The minimum Gasteiger partial charge on any atom is -0.336 e. The topological polar surface area (TPSA) is 37.4 Å². The molecule has 106 valence electrons. The van der Waals surface area contributed by atoms with E-state index >= 15 is 0 Å². The molecule has 0 saturated carbocycles. The number of carbonyl (C=O) groups excluding carboxylic acids is 1.